The molecule has 0 bridgehead atoms. The lowest BCUT2D eigenvalue weighted by Crippen LogP contribution is -2.38. The minimum Gasteiger partial charge on any atom is -0.390 e. The Kier molecular flexibility index (Phi) is 13.0. The lowest BCUT2D eigenvalue weighted by atomic mass is 9.72. The smallest absolute Gasteiger partial charge is 0.206 e. The molecule has 0 radical (unpaired) electrons. The molecule has 3 rings (SSSR count). The molecule has 2 aliphatic rings. The van der Waals surface area contributed by atoms with Crippen LogP contribution in [0.2, 0.25) is 0 Å². The third kappa shape index (κ3) is 10.4. The molecule has 2 nitrogen and oxygen atoms in total. The summed E-state index contributed by atoms with van der Waals surface area (Å²) in [6, 6.07) is 4.29. The molecule has 1 aromatic heterocycles. The minimum atomic E-state index is 0.109. The average molecular weight is 593 g/mol. The van der Waals surface area contributed by atoms with Gasteiger partial charge in [-0.2, -0.15) is 4.57 Å². The number of aliphatic hydroxyl groups excluding tert-OH is 1. The Labute approximate surface area is 269 Å². The van der Waals surface area contributed by atoms with E-state index in [4.69, 9.17) is 0 Å². The van der Waals surface area contributed by atoms with Gasteiger partial charge in [0.15, 0.2) is 12.7 Å². The number of allylic oxidation sites excluding steroid dienone is 16. The van der Waals surface area contributed by atoms with E-state index in [0.717, 1.165) is 16.8 Å². The third-order valence-electron chi connectivity index (χ3n) is 9.29. The SMILES string of the molecule is CC1=C(/C=C/C(C)=C/C=C/C(C)=C/c2cc(/C=C/C=C(C)/C=C/C3=C(C)CCCC3(C)C)cc[n+]2CCO)C(C)(C)CCC1. The van der Waals surface area contributed by atoms with Crippen LogP contribution in [0.25, 0.3) is 12.2 Å². The van der Waals surface area contributed by atoms with Gasteiger partial charge in [0.25, 0.3) is 0 Å². The van der Waals surface area contributed by atoms with E-state index in [1.54, 1.807) is 0 Å². The molecular formula is C42H58NO+. The summed E-state index contributed by atoms with van der Waals surface area (Å²) in [7, 11) is 0. The maximum absolute atomic E-state index is 9.64. The second kappa shape index (κ2) is 16.2. The first-order valence-corrected chi connectivity index (χ1v) is 16.6. The number of hydrogen-bond donors (Lipinski definition) is 1. The highest BCUT2D eigenvalue weighted by atomic mass is 16.3. The van der Waals surface area contributed by atoms with Crippen molar-refractivity contribution < 1.29 is 9.67 Å². The number of aliphatic hydroxyl groups is 1. The predicted octanol–water partition coefficient (Wildman–Crippen LogP) is 11.0. The van der Waals surface area contributed by atoms with E-state index in [1.165, 1.54) is 72.0 Å². The summed E-state index contributed by atoms with van der Waals surface area (Å²) in [4.78, 5) is 0. The summed E-state index contributed by atoms with van der Waals surface area (Å²) < 4.78 is 2.10. The predicted molar refractivity (Wildman–Crippen MR) is 192 cm³/mol. The van der Waals surface area contributed by atoms with Crippen LogP contribution in [0.4, 0.5) is 0 Å². The van der Waals surface area contributed by atoms with Gasteiger partial charge in [-0.25, -0.2) is 0 Å². The monoisotopic (exact) mass is 592 g/mol. The van der Waals surface area contributed by atoms with E-state index in [-0.39, 0.29) is 17.4 Å². The Morgan fingerprint density at radius 1 is 0.773 bits per heavy atom. The molecular weight excluding hydrogens is 534 g/mol. The fourth-order valence-corrected chi connectivity index (χ4v) is 6.61. The zero-order valence-electron chi connectivity index (χ0n) is 29.1. The highest BCUT2D eigenvalue weighted by molar-refractivity contribution is 5.57. The molecule has 0 aliphatic heterocycles. The molecule has 0 fully saturated rings. The number of rotatable bonds is 11. The lowest BCUT2D eigenvalue weighted by Gasteiger charge is -2.33. The fourth-order valence-electron chi connectivity index (χ4n) is 6.61. The maximum atomic E-state index is 9.64. The first-order chi connectivity index (χ1) is 20.8. The van der Waals surface area contributed by atoms with Gasteiger partial charge in [0.1, 0.15) is 6.61 Å². The molecule has 236 valence electrons. The Bertz CT molecular complexity index is 1440. The standard InChI is InChI=1S/C42H58NO/c1-32(20-22-39-35(4)17-12-25-41(39,6)7)14-10-16-34(3)30-38-31-37(24-27-43(38)28-29-44)19-11-15-33(2)21-23-40-36(5)18-13-26-42(40,8)9/h10-11,14-16,19-24,27,30-31,44H,12-13,17-18,25-26,28-29H2,1-9H3/q+1/b16-10+,19-11+,22-20+,23-21+,32-14+,33-15+,34-30+. The van der Waals surface area contributed by atoms with Crippen molar-refractivity contribution in [1.82, 2.24) is 0 Å². The van der Waals surface area contributed by atoms with Crippen molar-refractivity contribution in [2.45, 2.75) is 107 Å². The lowest BCUT2D eigenvalue weighted by molar-refractivity contribution is -0.699. The molecule has 2 aliphatic carbocycles. The third-order valence-corrected chi connectivity index (χ3v) is 9.29. The number of pyridine rings is 1. The van der Waals surface area contributed by atoms with Crippen LogP contribution in [0, 0.1) is 10.8 Å². The van der Waals surface area contributed by atoms with Crippen LogP contribution in [0.1, 0.15) is 112 Å². The highest BCUT2D eigenvalue weighted by Gasteiger charge is 2.27. The Morgan fingerprint density at radius 2 is 1.32 bits per heavy atom. The topological polar surface area (TPSA) is 24.1 Å². The van der Waals surface area contributed by atoms with Crippen LogP contribution in [0.15, 0.2) is 112 Å². The Hall–Kier alpha value is -3.23. The van der Waals surface area contributed by atoms with Crippen molar-refractivity contribution in [2.75, 3.05) is 6.61 Å². The van der Waals surface area contributed by atoms with Crippen LogP contribution < -0.4 is 4.57 Å². The van der Waals surface area contributed by atoms with E-state index >= 15 is 0 Å². The van der Waals surface area contributed by atoms with E-state index in [1.807, 2.05) is 0 Å². The molecule has 0 atom stereocenters. The molecule has 0 saturated carbocycles. The second-order valence-electron chi connectivity index (χ2n) is 14.3. The summed E-state index contributed by atoms with van der Waals surface area (Å²) in [5.74, 6) is 0. The van der Waals surface area contributed by atoms with E-state index in [9.17, 15) is 5.11 Å². The molecule has 0 spiro atoms. The largest absolute Gasteiger partial charge is 0.390 e. The molecule has 0 amide bonds. The van der Waals surface area contributed by atoms with Gasteiger partial charge in [-0.15, -0.1) is 0 Å². The van der Waals surface area contributed by atoms with Crippen LogP contribution >= 0.6 is 0 Å². The van der Waals surface area contributed by atoms with Gasteiger partial charge < -0.3 is 5.11 Å². The molecule has 1 heterocycles. The number of aromatic nitrogens is 1. The zero-order chi connectivity index (χ0) is 32.3. The maximum Gasteiger partial charge on any atom is 0.206 e. The van der Waals surface area contributed by atoms with E-state index in [2.05, 4.69) is 152 Å². The molecule has 0 aromatic carbocycles. The van der Waals surface area contributed by atoms with Gasteiger partial charge >= 0.3 is 0 Å². The molecule has 1 aromatic rings. The van der Waals surface area contributed by atoms with Gasteiger partial charge in [-0.3, -0.25) is 0 Å². The first-order valence-electron chi connectivity index (χ1n) is 16.6. The molecule has 2 heteroatoms. The molecule has 0 saturated heterocycles. The van der Waals surface area contributed by atoms with Crippen molar-refractivity contribution in [1.29, 1.82) is 0 Å². The van der Waals surface area contributed by atoms with Crippen molar-refractivity contribution >= 4 is 12.2 Å². The van der Waals surface area contributed by atoms with Crippen LogP contribution in [-0.4, -0.2) is 11.7 Å². The summed E-state index contributed by atoms with van der Waals surface area (Å²) in [6.07, 6.45) is 33.9. The van der Waals surface area contributed by atoms with Crippen LogP contribution in [0.3, 0.4) is 0 Å². The first kappa shape index (κ1) is 35.3. The summed E-state index contributed by atoms with van der Waals surface area (Å²) in [5, 5.41) is 9.64. The van der Waals surface area contributed by atoms with Crippen molar-refractivity contribution in [3.05, 3.63) is 123 Å². The molecule has 0 unspecified atom stereocenters. The molecule has 1 N–H and O–H groups in total. The number of hydrogen-bond acceptors (Lipinski definition) is 1. The zero-order valence-corrected chi connectivity index (χ0v) is 29.1. The Balaban J connectivity index is 1.72. The fraction of sp³-hybridized carbons (Fsp3) is 0.452. The van der Waals surface area contributed by atoms with Crippen LogP contribution in [0.5, 0.6) is 0 Å². The van der Waals surface area contributed by atoms with Crippen LogP contribution in [-0.2, 0) is 6.54 Å². The van der Waals surface area contributed by atoms with E-state index < -0.39 is 0 Å². The van der Waals surface area contributed by atoms with Gasteiger partial charge in [0.05, 0.1) is 0 Å². The minimum absolute atomic E-state index is 0.109. The summed E-state index contributed by atoms with van der Waals surface area (Å²) in [5.41, 5.74) is 12.4. The Morgan fingerprint density at radius 3 is 1.84 bits per heavy atom. The van der Waals surface area contributed by atoms with Crippen molar-refractivity contribution in [3.63, 3.8) is 0 Å². The number of nitrogens with zero attached hydrogens (tertiary/aromatic N) is 1. The van der Waals surface area contributed by atoms with Gasteiger partial charge in [0, 0.05) is 18.2 Å². The van der Waals surface area contributed by atoms with Gasteiger partial charge in [-0.05, 0) is 106 Å². The van der Waals surface area contributed by atoms with E-state index in [0.29, 0.717) is 6.54 Å². The highest BCUT2D eigenvalue weighted by Crippen LogP contribution is 2.41. The average Bonchev–Trinajstić information content (AvgIpc) is 2.93. The van der Waals surface area contributed by atoms with Crippen molar-refractivity contribution in [3.8, 4) is 0 Å². The summed E-state index contributed by atoms with van der Waals surface area (Å²) in [6.45, 7) is 21.2. The van der Waals surface area contributed by atoms with Crippen molar-refractivity contribution in [2.24, 2.45) is 10.8 Å². The normalized spacial score (nSPS) is 20.4. The summed E-state index contributed by atoms with van der Waals surface area (Å²) >= 11 is 0. The van der Waals surface area contributed by atoms with Gasteiger partial charge in [0.2, 0.25) is 5.69 Å². The second-order valence-corrected chi connectivity index (χ2v) is 14.3. The molecule has 44 heavy (non-hydrogen) atoms. The van der Waals surface area contributed by atoms with Gasteiger partial charge in [-0.1, -0.05) is 111 Å². The quantitative estimate of drug-likeness (QED) is 0.201.